The Morgan fingerprint density at radius 3 is 2.43 bits per heavy atom. The molecular formula is C11H12O2S. The lowest BCUT2D eigenvalue weighted by molar-refractivity contribution is 0.607. The SMILES string of the molecule is C=CS(=O)(=O)C/C=C/c1ccccc1. The van der Waals surface area contributed by atoms with E-state index in [2.05, 4.69) is 6.58 Å². The summed E-state index contributed by atoms with van der Waals surface area (Å²) in [6.07, 6.45) is 3.40. The summed E-state index contributed by atoms with van der Waals surface area (Å²) in [7, 11) is -3.11. The Kier molecular flexibility index (Phi) is 3.65. The van der Waals surface area contributed by atoms with E-state index in [1.165, 1.54) is 0 Å². The first-order valence-electron chi connectivity index (χ1n) is 4.21. The van der Waals surface area contributed by atoms with Gasteiger partial charge in [-0.1, -0.05) is 49.1 Å². The van der Waals surface area contributed by atoms with Crippen molar-refractivity contribution in [3.05, 3.63) is 54.0 Å². The molecule has 0 N–H and O–H groups in total. The van der Waals surface area contributed by atoms with Crippen LogP contribution in [0.2, 0.25) is 0 Å². The minimum Gasteiger partial charge on any atom is -0.224 e. The van der Waals surface area contributed by atoms with Crippen LogP contribution in [0.25, 0.3) is 6.08 Å². The van der Waals surface area contributed by atoms with Gasteiger partial charge in [-0.05, 0) is 5.56 Å². The summed E-state index contributed by atoms with van der Waals surface area (Å²) < 4.78 is 22.0. The van der Waals surface area contributed by atoms with Crippen molar-refractivity contribution >= 4 is 15.9 Å². The predicted octanol–water partition coefficient (Wildman–Crippen LogP) is 2.26. The fraction of sp³-hybridized carbons (Fsp3) is 0.0909. The monoisotopic (exact) mass is 208 g/mol. The fourth-order valence-corrected chi connectivity index (χ4v) is 1.45. The summed E-state index contributed by atoms with van der Waals surface area (Å²) in [5.41, 5.74) is 0.992. The van der Waals surface area contributed by atoms with E-state index in [4.69, 9.17) is 0 Å². The van der Waals surface area contributed by atoms with Crippen LogP contribution in [0.15, 0.2) is 48.4 Å². The van der Waals surface area contributed by atoms with Gasteiger partial charge < -0.3 is 0 Å². The predicted molar refractivity (Wildman–Crippen MR) is 59.5 cm³/mol. The molecule has 1 aromatic carbocycles. The maximum atomic E-state index is 11.0. The van der Waals surface area contributed by atoms with Gasteiger partial charge in [-0.25, -0.2) is 8.42 Å². The van der Waals surface area contributed by atoms with Crippen LogP contribution < -0.4 is 0 Å². The Morgan fingerprint density at radius 2 is 1.86 bits per heavy atom. The highest BCUT2D eigenvalue weighted by Crippen LogP contribution is 2.01. The van der Waals surface area contributed by atoms with Crippen molar-refractivity contribution in [1.29, 1.82) is 0 Å². The van der Waals surface area contributed by atoms with Crippen LogP contribution in [0, 0.1) is 0 Å². The molecule has 0 spiro atoms. The maximum absolute atomic E-state index is 11.0. The first-order valence-corrected chi connectivity index (χ1v) is 5.92. The van der Waals surface area contributed by atoms with E-state index in [9.17, 15) is 8.42 Å². The lowest BCUT2D eigenvalue weighted by Gasteiger charge is -1.92. The molecule has 0 radical (unpaired) electrons. The van der Waals surface area contributed by atoms with Gasteiger partial charge in [0, 0.05) is 5.41 Å². The molecule has 0 heterocycles. The Balaban J connectivity index is 2.63. The lowest BCUT2D eigenvalue weighted by atomic mass is 10.2. The Labute approximate surface area is 84.5 Å². The summed E-state index contributed by atoms with van der Waals surface area (Å²) in [4.78, 5) is 0. The second-order valence-corrected chi connectivity index (χ2v) is 4.80. The zero-order chi connectivity index (χ0) is 10.4. The summed E-state index contributed by atoms with van der Waals surface area (Å²) in [6, 6.07) is 9.55. The summed E-state index contributed by atoms with van der Waals surface area (Å²) in [5.74, 6) is 0.00535. The molecule has 0 aliphatic carbocycles. The highest BCUT2D eigenvalue weighted by atomic mass is 32.2. The molecule has 1 rings (SSSR count). The van der Waals surface area contributed by atoms with E-state index in [0.29, 0.717) is 0 Å². The molecule has 0 aliphatic rings. The highest BCUT2D eigenvalue weighted by molar-refractivity contribution is 7.94. The van der Waals surface area contributed by atoms with E-state index in [1.807, 2.05) is 30.3 Å². The molecule has 0 aliphatic heterocycles. The first-order chi connectivity index (χ1) is 6.64. The van der Waals surface area contributed by atoms with Crippen molar-refractivity contribution in [3.8, 4) is 0 Å². The Hall–Kier alpha value is -1.35. The summed E-state index contributed by atoms with van der Waals surface area (Å²) in [6.45, 7) is 3.24. The average molecular weight is 208 g/mol. The fourth-order valence-electron chi connectivity index (χ4n) is 0.951. The smallest absolute Gasteiger partial charge is 0.174 e. The van der Waals surface area contributed by atoms with Crippen LogP contribution in [0.4, 0.5) is 0 Å². The zero-order valence-electron chi connectivity index (χ0n) is 7.76. The van der Waals surface area contributed by atoms with E-state index >= 15 is 0 Å². The normalized spacial score (nSPS) is 11.7. The van der Waals surface area contributed by atoms with Crippen molar-refractivity contribution in [2.24, 2.45) is 0 Å². The third-order valence-corrected chi connectivity index (χ3v) is 2.86. The molecule has 0 saturated carbocycles. The van der Waals surface area contributed by atoms with E-state index in [1.54, 1.807) is 12.2 Å². The van der Waals surface area contributed by atoms with Crippen LogP contribution in [0.3, 0.4) is 0 Å². The van der Waals surface area contributed by atoms with Crippen molar-refractivity contribution in [2.45, 2.75) is 0 Å². The number of sulfone groups is 1. The third-order valence-electron chi connectivity index (χ3n) is 1.69. The second-order valence-electron chi connectivity index (χ2n) is 2.81. The second kappa shape index (κ2) is 4.77. The van der Waals surface area contributed by atoms with E-state index in [-0.39, 0.29) is 5.75 Å². The van der Waals surface area contributed by atoms with Gasteiger partial charge in [0.1, 0.15) is 0 Å². The molecule has 0 fully saturated rings. The molecule has 0 amide bonds. The maximum Gasteiger partial charge on any atom is 0.174 e. The average Bonchev–Trinajstić information content (AvgIpc) is 2.19. The van der Waals surface area contributed by atoms with Gasteiger partial charge >= 0.3 is 0 Å². The van der Waals surface area contributed by atoms with Gasteiger partial charge in [0.05, 0.1) is 5.75 Å². The Bertz CT molecular complexity index is 416. The molecule has 1 aromatic rings. The van der Waals surface area contributed by atoms with Gasteiger partial charge in [-0.15, -0.1) is 0 Å². The van der Waals surface area contributed by atoms with Gasteiger partial charge in [-0.2, -0.15) is 0 Å². The van der Waals surface area contributed by atoms with Crippen molar-refractivity contribution in [2.75, 3.05) is 5.75 Å². The molecule has 74 valence electrons. The molecule has 0 saturated heterocycles. The number of hydrogen-bond acceptors (Lipinski definition) is 2. The van der Waals surface area contributed by atoms with Gasteiger partial charge in [0.25, 0.3) is 0 Å². The third kappa shape index (κ3) is 3.58. The molecule has 0 atom stereocenters. The van der Waals surface area contributed by atoms with Crippen LogP contribution in [-0.4, -0.2) is 14.2 Å². The van der Waals surface area contributed by atoms with E-state index in [0.717, 1.165) is 11.0 Å². The molecule has 3 heteroatoms. The van der Waals surface area contributed by atoms with E-state index < -0.39 is 9.84 Å². The molecule has 0 unspecified atom stereocenters. The Morgan fingerprint density at radius 1 is 1.21 bits per heavy atom. The minimum absolute atomic E-state index is 0.00535. The van der Waals surface area contributed by atoms with Gasteiger partial charge in [0.2, 0.25) is 0 Å². The number of benzene rings is 1. The van der Waals surface area contributed by atoms with Gasteiger partial charge in [-0.3, -0.25) is 0 Å². The topological polar surface area (TPSA) is 34.1 Å². The first kappa shape index (κ1) is 10.7. The largest absolute Gasteiger partial charge is 0.224 e. The molecular weight excluding hydrogens is 196 g/mol. The molecule has 0 bridgehead atoms. The standard InChI is InChI=1S/C11H12O2S/c1-2-14(12,13)10-6-9-11-7-4-3-5-8-11/h2-9H,1,10H2/b9-6+. The van der Waals surface area contributed by atoms with Crippen molar-refractivity contribution in [3.63, 3.8) is 0 Å². The molecule has 2 nitrogen and oxygen atoms in total. The van der Waals surface area contributed by atoms with Crippen LogP contribution in [0.5, 0.6) is 0 Å². The number of rotatable bonds is 4. The van der Waals surface area contributed by atoms with Crippen LogP contribution in [0.1, 0.15) is 5.56 Å². The highest BCUT2D eigenvalue weighted by Gasteiger charge is 1.99. The van der Waals surface area contributed by atoms with Gasteiger partial charge in [0.15, 0.2) is 9.84 Å². The lowest BCUT2D eigenvalue weighted by Crippen LogP contribution is -1.97. The van der Waals surface area contributed by atoms with Crippen molar-refractivity contribution < 1.29 is 8.42 Å². The summed E-state index contributed by atoms with van der Waals surface area (Å²) >= 11 is 0. The number of hydrogen-bond donors (Lipinski definition) is 0. The van der Waals surface area contributed by atoms with Crippen LogP contribution >= 0.6 is 0 Å². The molecule has 14 heavy (non-hydrogen) atoms. The zero-order valence-corrected chi connectivity index (χ0v) is 8.57. The quantitative estimate of drug-likeness (QED) is 0.760. The van der Waals surface area contributed by atoms with Crippen LogP contribution in [-0.2, 0) is 9.84 Å². The summed E-state index contributed by atoms with van der Waals surface area (Å²) in [5, 5.41) is 0.975. The molecule has 0 aromatic heterocycles. The minimum atomic E-state index is -3.11. The van der Waals surface area contributed by atoms with Crippen molar-refractivity contribution in [1.82, 2.24) is 0 Å².